The molecule has 0 spiro atoms. The van der Waals surface area contributed by atoms with E-state index in [-0.39, 0.29) is 41.1 Å². The summed E-state index contributed by atoms with van der Waals surface area (Å²) in [7, 11) is 0. The first kappa shape index (κ1) is 16.0. The van der Waals surface area contributed by atoms with E-state index in [1.54, 1.807) is 12.3 Å². The van der Waals surface area contributed by atoms with Crippen LogP contribution in [0.4, 0.5) is 17.3 Å². The van der Waals surface area contributed by atoms with E-state index in [0.717, 1.165) is 0 Å². The van der Waals surface area contributed by atoms with Crippen molar-refractivity contribution >= 4 is 40.7 Å². The lowest BCUT2D eigenvalue weighted by Crippen LogP contribution is -2.24. The van der Waals surface area contributed by atoms with Gasteiger partial charge in [0.1, 0.15) is 18.1 Å². The molecule has 3 rings (SSSR count). The molecule has 1 saturated heterocycles. The molecular formula is C13H15ClN8O2. The Labute approximate surface area is 141 Å². The molecule has 0 aliphatic carbocycles. The zero-order valence-corrected chi connectivity index (χ0v) is 13.2. The topological polar surface area (TPSA) is 140 Å². The largest absolute Gasteiger partial charge is 0.393 e. The number of hydrogen-bond donors (Lipinski definition) is 4. The van der Waals surface area contributed by atoms with Gasteiger partial charge in [-0.05, 0) is 6.42 Å². The quantitative estimate of drug-likeness (QED) is 0.557. The van der Waals surface area contributed by atoms with Crippen LogP contribution in [0.25, 0.3) is 0 Å². The number of halogens is 1. The molecule has 0 radical (unpaired) electrons. The van der Waals surface area contributed by atoms with Crippen molar-refractivity contribution in [3.63, 3.8) is 0 Å². The maximum absolute atomic E-state index is 12.0. The molecule has 11 heteroatoms. The Hall–Kier alpha value is -2.88. The number of nitrogens with zero attached hydrogens (tertiary/aromatic N) is 4. The smallest absolute Gasteiger partial charge is 0.244 e. The Morgan fingerprint density at radius 1 is 1.50 bits per heavy atom. The standard InChI is InChI=1S/C13H15ClN8O2/c14-11-10(15)12(19-6-18-11)17-5-9(23)20-8-2-4-22(21-8)7-1-3-16-13(7)24/h2,4,6-7H,1,3,5,15H2,(H,16,24)(H,17,18,19)(H,20,21,23). The molecule has 24 heavy (non-hydrogen) atoms. The Balaban J connectivity index is 1.56. The minimum atomic E-state index is -0.342. The second-order valence-corrected chi connectivity index (χ2v) is 5.46. The average molecular weight is 351 g/mol. The Morgan fingerprint density at radius 3 is 3.08 bits per heavy atom. The van der Waals surface area contributed by atoms with Gasteiger partial charge in [0.25, 0.3) is 0 Å². The van der Waals surface area contributed by atoms with Crippen LogP contribution in [0.3, 0.4) is 0 Å². The molecule has 1 atom stereocenters. The van der Waals surface area contributed by atoms with Crippen molar-refractivity contribution in [3.8, 4) is 0 Å². The molecular weight excluding hydrogens is 336 g/mol. The molecule has 2 aromatic rings. The van der Waals surface area contributed by atoms with Crippen LogP contribution in [0, 0.1) is 0 Å². The van der Waals surface area contributed by atoms with Crippen LogP contribution in [0.2, 0.25) is 5.15 Å². The molecule has 3 heterocycles. The van der Waals surface area contributed by atoms with Crippen LogP contribution < -0.4 is 21.7 Å². The fourth-order valence-electron chi connectivity index (χ4n) is 2.28. The molecule has 0 saturated carbocycles. The summed E-state index contributed by atoms with van der Waals surface area (Å²) in [5.41, 5.74) is 5.87. The van der Waals surface area contributed by atoms with Gasteiger partial charge in [0.05, 0.1) is 6.54 Å². The van der Waals surface area contributed by atoms with E-state index in [0.29, 0.717) is 18.8 Å². The van der Waals surface area contributed by atoms with E-state index in [9.17, 15) is 9.59 Å². The van der Waals surface area contributed by atoms with E-state index in [1.165, 1.54) is 11.0 Å². The zero-order valence-electron chi connectivity index (χ0n) is 12.5. The summed E-state index contributed by atoms with van der Waals surface area (Å²) >= 11 is 5.77. The van der Waals surface area contributed by atoms with Gasteiger partial charge < -0.3 is 21.7 Å². The molecule has 5 N–H and O–H groups in total. The first-order valence-corrected chi connectivity index (χ1v) is 7.55. The summed E-state index contributed by atoms with van der Waals surface area (Å²) in [5, 5.41) is 12.4. The Kier molecular flexibility index (Phi) is 4.47. The summed E-state index contributed by atoms with van der Waals surface area (Å²) in [4.78, 5) is 31.2. The normalized spacial score (nSPS) is 16.7. The van der Waals surface area contributed by atoms with Gasteiger partial charge in [0.2, 0.25) is 11.8 Å². The van der Waals surface area contributed by atoms with Crippen molar-refractivity contribution in [2.75, 3.05) is 29.5 Å². The summed E-state index contributed by atoms with van der Waals surface area (Å²) in [6.07, 6.45) is 3.57. The minimum absolute atomic E-state index is 0.0751. The van der Waals surface area contributed by atoms with Crippen molar-refractivity contribution in [2.24, 2.45) is 0 Å². The third-order valence-corrected chi connectivity index (χ3v) is 3.77. The lowest BCUT2D eigenvalue weighted by Gasteiger charge is -2.08. The van der Waals surface area contributed by atoms with Crippen LogP contribution in [-0.4, -0.2) is 44.7 Å². The molecule has 2 aromatic heterocycles. The van der Waals surface area contributed by atoms with E-state index in [4.69, 9.17) is 17.3 Å². The fourth-order valence-corrected chi connectivity index (χ4v) is 2.41. The second kappa shape index (κ2) is 6.71. The van der Waals surface area contributed by atoms with Crippen LogP contribution in [0.5, 0.6) is 0 Å². The van der Waals surface area contributed by atoms with Gasteiger partial charge in [-0.1, -0.05) is 11.6 Å². The maximum Gasteiger partial charge on any atom is 0.244 e. The SMILES string of the molecule is Nc1c(Cl)ncnc1NCC(=O)Nc1ccn(C2CCNC2=O)n1. The van der Waals surface area contributed by atoms with Gasteiger partial charge in [0.15, 0.2) is 16.8 Å². The highest BCUT2D eigenvalue weighted by molar-refractivity contribution is 6.32. The van der Waals surface area contributed by atoms with Gasteiger partial charge in [-0.2, -0.15) is 5.10 Å². The number of carbonyl (C=O) groups is 2. The first-order valence-electron chi connectivity index (χ1n) is 7.17. The van der Waals surface area contributed by atoms with Crippen LogP contribution in [-0.2, 0) is 9.59 Å². The molecule has 126 valence electrons. The average Bonchev–Trinajstić information content (AvgIpc) is 3.17. The molecule has 0 bridgehead atoms. The fraction of sp³-hybridized carbons (Fsp3) is 0.308. The van der Waals surface area contributed by atoms with Crippen molar-refractivity contribution < 1.29 is 9.59 Å². The number of nitrogens with two attached hydrogens (primary N) is 1. The number of nitrogens with one attached hydrogen (secondary N) is 3. The van der Waals surface area contributed by atoms with Crippen molar-refractivity contribution in [3.05, 3.63) is 23.7 Å². The second-order valence-electron chi connectivity index (χ2n) is 5.10. The number of nitrogen functional groups attached to an aromatic ring is 1. The highest BCUT2D eigenvalue weighted by Gasteiger charge is 2.26. The lowest BCUT2D eigenvalue weighted by atomic mass is 10.2. The van der Waals surface area contributed by atoms with Gasteiger partial charge >= 0.3 is 0 Å². The molecule has 2 amide bonds. The molecule has 1 aliphatic heterocycles. The van der Waals surface area contributed by atoms with Crippen molar-refractivity contribution in [1.82, 2.24) is 25.1 Å². The third kappa shape index (κ3) is 3.38. The number of aromatic nitrogens is 4. The van der Waals surface area contributed by atoms with Crippen molar-refractivity contribution in [2.45, 2.75) is 12.5 Å². The number of rotatable bonds is 5. The van der Waals surface area contributed by atoms with E-state index in [1.807, 2.05) is 0 Å². The Morgan fingerprint density at radius 2 is 2.33 bits per heavy atom. The molecule has 1 aliphatic rings. The van der Waals surface area contributed by atoms with Gasteiger partial charge in [-0.25, -0.2) is 9.97 Å². The monoisotopic (exact) mass is 350 g/mol. The van der Waals surface area contributed by atoms with Gasteiger partial charge in [-0.3, -0.25) is 14.3 Å². The van der Waals surface area contributed by atoms with Crippen LogP contribution in [0.15, 0.2) is 18.6 Å². The van der Waals surface area contributed by atoms with E-state index < -0.39 is 0 Å². The predicted octanol–water partition coefficient (Wildman–Crippen LogP) is 0.0203. The summed E-state index contributed by atoms with van der Waals surface area (Å²) in [6.45, 7) is 0.548. The summed E-state index contributed by atoms with van der Waals surface area (Å²) < 4.78 is 1.54. The number of amides is 2. The number of anilines is 3. The first-order chi connectivity index (χ1) is 11.5. The molecule has 10 nitrogen and oxygen atoms in total. The molecule has 1 fully saturated rings. The molecule has 0 aromatic carbocycles. The van der Waals surface area contributed by atoms with Gasteiger partial charge in [-0.15, -0.1) is 0 Å². The van der Waals surface area contributed by atoms with Crippen molar-refractivity contribution in [1.29, 1.82) is 0 Å². The number of carbonyl (C=O) groups excluding carboxylic acids is 2. The zero-order chi connectivity index (χ0) is 17.1. The predicted molar refractivity (Wildman–Crippen MR) is 87.5 cm³/mol. The van der Waals surface area contributed by atoms with E-state index >= 15 is 0 Å². The third-order valence-electron chi connectivity index (χ3n) is 3.47. The minimum Gasteiger partial charge on any atom is -0.393 e. The highest BCUT2D eigenvalue weighted by atomic mass is 35.5. The maximum atomic E-state index is 12.0. The Bertz CT molecular complexity index is 777. The lowest BCUT2D eigenvalue weighted by molar-refractivity contribution is -0.122. The van der Waals surface area contributed by atoms with E-state index in [2.05, 4.69) is 31.0 Å². The van der Waals surface area contributed by atoms with Gasteiger partial charge in [0, 0.05) is 18.8 Å². The summed E-state index contributed by atoms with van der Waals surface area (Å²) in [6, 6.07) is 1.29. The molecule has 1 unspecified atom stereocenters. The highest BCUT2D eigenvalue weighted by Crippen LogP contribution is 2.21. The summed E-state index contributed by atoms with van der Waals surface area (Å²) in [5.74, 6) is 0.215. The van der Waals surface area contributed by atoms with Crippen LogP contribution in [0.1, 0.15) is 12.5 Å². The number of hydrogen-bond acceptors (Lipinski definition) is 7. The van der Waals surface area contributed by atoms with Crippen LogP contribution >= 0.6 is 11.6 Å².